The van der Waals surface area contributed by atoms with E-state index < -0.39 is 9.84 Å². The number of amides is 1. The summed E-state index contributed by atoms with van der Waals surface area (Å²) in [5.74, 6) is 0.657. The van der Waals surface area contributed by atoms with Gasteiger partial charge in [0.05, 0.1) is 23.2 Å². The summed E-state index contributed by atoms with van der Waals surface area (Å²) in [6.45, 7) is 7.52. The van der Waals surface area contributed by atoms with Crippen molar-refractivity contribution in [2.45, 2.75) is 45.6 Å². The van der Waals surface area contributed by atoms with Crippen molar-refractivity contribution in [2.75, 3.05) is 16.8 Å². The van der Waals surface area contributed by atoms with Crippen LogP contribution in [0.4, 0.5) is 5.82 Å². The second-order valence-corrected chi connectivity index (χ2v) is 8.58. The second kappa shape index (κ2) is 4.87. The standard InChI is InChI=1S/C13H21N3O3S/c1-9(17)14-12-7-11(13(2,3)4)15-16(12)10-5-6-20(18,19)8-10/h7,10H,5-6,8H2,1-4H3,(H,14,17)/t10-/m0/s1. The average molecular weight is 299 g/mol. The predicted molar refractivity (Wildman–Crippen MR) is 77.5 cm³/mol. The number of nitrogens with zero attached hydrogens (tertiary/aromatic N) is 2. The fourth-order valence-corrected chi connectivity index (χ4v) is 3.97. The van der Waals surface area contributed by atoms with Crippen LogP contribution < -0.4 is 5.32 Å². The Bertz CT molecular complexity index is 626. The molecule has 2 rings (SSSR count). The Kier molecular flexibility index (Phi) is 3.66. The Hall–Kier alpha value is -1.37. The summed E-state index contributed by atoms with van der Waals surface area (Å²) >= 11 is 0. The molecule has 0 aromatic carbocycles. The number of aromatic nitrogens is 2. The van der Waals surface area contributed by atoms with Gasteiger partial charge in [-0.25, -0.2) is 13.1 Å². The molecule has 20 heavy (non-hydrogen) atoms. The third-order valence-electron chi connectivity index (χ3n) is 3.36. The maximum atomic E-state index is 11.6. The molecular formula is C13H21N3O3S. The van der Waals surface area contributed by atoms with E-state index in [0.29, 0.717) is 12.2 Å². The smallest absolute Gasteiger partial charge is 0.222 e. The molecule has 0 saturated carbocycles. The fraction of sp³-hybridized carbons (Fsp3) is 0.692. The predicted octanol–water partition coefficient (Wildman–Crippen LogP) is 1.50. The summed E-state index contributed by atoms with van der Waals surface area (Å²) in [5, 5.41) is 7.26. The number of rotatable bonds is 2. The summed E-state index contributed by atoms with van der Waals surface area (Å²) in [4.78, 5) is 11.3. The highest BCUT2D eigenvalue weighted by atomic mass is 32.2. The van der Waals surface area contributed by atoms with Crippen molar-refractivity contribution in [3.05, 3.63) is 11.8 Å². The highest BCUT2D eigenvalue weighted by molar-refractivity contribution is 7.91. The maximum Gasteiger partial charge on any atom is 0.222 e. The number of sulfone groups is 1. The number of carbonyl (C=O) groups excluding carboxylic acids is 1. The monoisotopic (exact) mass is 299 g/mol. The first kappa shape index (κ1) is 15.0. The van der Waals surface area contributed by atoms with Crippen LogP contribution in [0.2, 0.25) is 0 Å². The molecule has 112 valence electrons. The van der Waals surface area contributed by atoms with Crippen LogP contribution in [-0.2, 0) is 20.0 Å². The zero-order valence-corrected chi connectivity index (χ0v) is 13.1. The molecule has 1 aromatic heterocycles. The zero-order valence-electron chi connectivity index (χ0n) is 12.3. The molecule has 1 fully saturated rings. The van der Waals surface area contributed by atoms with Crippen LogP contribution in [0, 0.1) is 0 Å². The van der Waals surface area contributed by atoms with Gasteiger partial charge < -0.3 is 5.32 Å². The van der Waals surface area contributed by atoms with Gasteiger partial charge >= 0.3 is 0 Å². The van der Waals surface area contributed by atoms with Gasteiger partial charge in [-0.3, -0.25) is 4.79 Å². The highest BCUT2D eigenvalue weighted by Crippen LogP contribution is 2.30. The normalized spacial score (nSPS) is 21.9. The number of hydrogen-bond donors (Lipinski definition) is 1. The lowest BCUT2D eigenvalue weighted by Gasteiger charge is -2.15. The Morgan fingerprint density at radius 3 is 2.55 bits per heavy atom. The SMILES string of the molecule is CC(=O)Nc1cc(C(C)(C)C)nn1[C@H]1CCS(=O)(=O)C1. The third kappa shape index (κ3) is 3.20. The lowest BCUT2D eigenvalue weighted by Crippen LogP contribution is -2.18. The van der Waals surface area contributed by atoms with E-state index in [0.717, 1.165) is 5.69 Å². The Labute approximate surface area is 119 Å². The number of hydrogen-bond acceptors (Lipinski definition) is 4. The van der Waals surface area contributed by atoms with Crippen molar-refractivity contribution < 1.29 is 13.2 Å². The summed E-state index contributed by atoms with van der Waals surface area (Å²) in [7, 11) is -2.99. The van der Waals surface area contributed by atoms with Crippen LogP contribution in [0.5, 0.6) is 0 Å². The van der Waals surface area contributed by atoms with Crippen molar-refractivity contribution in [3.8, 4) is 0 Å². The lowest BCUT2D eigenvalue weighted by molar-refractivity contribution is -0.114. The first-order valence-electron chi connectivity index (χ1n) is 6.66. The van der Waals surface area contributed by atoms with Gasteiger partial charge in [-0.15, -0.1) is 0 Å². The van der Waals surface area contributed by atoms with E-state index in [1.807, 2.05) is 26.8 Å². The molecule has 6 nitrogen and oxygen atoms in total. The van der Waals surface area contributed by atoms with Gasteiger partial charge in [-0.2, -0.15) is 5.10 Å². The Morgan fingerprint density at radius 2 is 2.10 bits per heavy atom. The first-order chi connectivity index (χ1) is 9.08. The van der Waals surface area contributed by atoms with Gasteiger partial charge in [-0.1, -0.05) is 20.8 Å². The van der Waals surface area contributed by atoms with Crippen molar-refractivity contribution in [1.29, 1.82) is 0 Å². The number of carbonyl (C=O) groups is 1. The quantitative estimate of drug-likeness (QED) is 0.897. The van der Waals surface area contributed by atoms with Crippen molar-refractivity contribution in [1.82, 2.24) is 9.78 Å². The van der Waals surface area contributed by atoms with E-state index in [1.165, 1.54) is 6.92 Å². The van der Waals surface area contributed by atoms with Crippen LogP contribution in [-0.4, -0.2) is 35.6 Å². The zero-order chi connectivity index (χ0) is 15.1. The highest BCUT2D eigenvalue weighted by Gasteiger charge is 2.32. The summed E-state index contributed by atoms with van der Waals surface area (Å²) in [5.41, 5.74) is 0.682. The van der Waals surface area contributed by atoms with E-state index in [2.05, 4.69) is 10.4 Å². The maximum absolute atomic E-state index is 11.6. The molecule has 1 saturated heterocycles. The van der Waals surface area contributed by atoms with Crippen LogP contribution in [0.15, 0.2) is 6.07 Å². The molecule has 0 aliphatic carbocycles. The van der Waals surface area contributed by atoms with Crippen molar-refractivity contribution in [2.24, 2.45) is 0 Å². The molecule has 0 bridgehead atoms. The first-order valence-corrected chi connectivity index (χ1v) is 8.49. The fourth-order valence-electron chi connectivity index (χ4n) is 2.28. The van der Waals surface area contributed by atoms with E-state index in [-0.39, 0.29) is 28.9 Å². The molecular weight excluding hydrogens is 278 g/mol. The summed E-state index contributed by atoms with van der Waals surface area (Å²) in [6.07, 6.45) is 0.542. The number of nitrogens with one attached hydrogen (secondary N) is 1. The molecule has 1 aromatic rings. The van der Waals surface area contributed by atoms with Crippen LogP contribution in [0.3, 0.4) is 0 Å². The topological polar surface area (TPSA) is 81.1 Å². The van der Waals surface area contributed by atoms with Crippen molar-refractivity contribution in [3.63, 3.8) is 0 Å². The molecule has 1 aliphatic rings. The van der Waals surface area contributed by atoms with Crippen LogP contribution in [0.25, 0.3) is 0 Å². The minimum atomic E-state index is -2.99. The molecule has 0 spiro atoms. The van der Waals surface area contributed by atoms with Crippen LogP contribution in [0.1, 0.15) is 45.9 Å². The largest absolute Gasteiger partial charge is 0.311 e. The second-order valence-electron chi connectivity index (χ2n) is 6.35. The molecule has 1 amide bonds. The van der Waals surface area contributed by atoms with Gasteiger partial charge in [-0.05, 0) is 6.42 Å². The molecule has 2 heterocycles. The minimum Gasteiger partial charge on any atom is -0.311 e. The molecule has 0 radical (unpaired) electrons. The van der Waals surface area contributed by atoms with Crippen LogP contribution >= 0.6 is 0 Å². The van der Waals surface area contributed by atoms with Gasteiger partial charge in [0.15, 0.2) is 9.84 Å². The number of anilines is 1. The Morgan fingerprint density at radius 1 is 1.45 bits per heavy atom. The average Bonchev–Trinajstić information content (AvgIpc) is 2.80. The van der Waals surface area contributed by atoms with E-state index in [1.54, 1.807) is 4.68 Å². The summed E-state index contributed by atoms with van der Waals surface area (Å²) < 4.78 is 24.9. The lowest BCUT2D eigenvalue weighted by atomic mass is 9.92. The van der Waals surface area contributed by atoms with Gasteiger partial charge in [0, 0.05) is 18.4 Å². The molecule has 7 heteroatoms. The van der Waals surface area contributed by atoms with E-state index in [9.17, 15) is 13.2 Å². The van der Waals surface area contributed by atoms with Gasteiger partial charge in [0.1, 0.15) is 5.82 Å². The van der Waals surface area contributed by atoms with E-state index >= 15 is 0 Å². The molecule has 0 unspecified atom stereocenters. The molecule has 1 aliphatic heterocycles. The Balaban J connectivity index is 2.40. The molecule has 1 atom stereocenters. The molecule has 1 N–H and O–H groups in total. The van der Waals surface area contributed by atoms with Gasteiger partial charge in [0.2, 0.25) is 5.91 Å². The summed E-state index contributed by atoms with van der Waals surface area (Å²) in [6, 6.07) is 1.63. The minimum absolute atomic E-state index is 0.0881. The third-order valence-corrected chi connectivity index (χ3v) is 5.11. The van der Waals surface area contributed by atoms with Gasteiger partial charge in [0.25, 0.3) is 0 Å². The van der Waals surface area contributed by atoms with Crippen molar-refractivity contribution >= 4 is 21.6 Å². The van der Waals surface area contributed by atoms with E-state index in [4.69, 9.17) is 0 Å².